The Kier molecular flexibility index (Phi) is 6.94. The van der Waals surface area contributed by atoms with E-state index in [1.807, 2.05) is 41.0 Å². The Balaban J connectivity index is 1.04. The van der Waals surface area contributed by atoms with Crippen LogP contribution in [0.3, 0.4) is 0 Å². The lowest BCUT2D eigenvalue weighted by atomic mass is 10.0. The molecule has 0 amide bonds. The van der Waals surface area contributed by atoms with E-state index in [-0.39, 0.29) is 0 Å². The Morgan fingerprint density at radius 3 is 1.28 bits per heavy atom. The predicted octanol–water partition coefficient (Wildman–Crippen LogP) is 14.9. The number of hydrogen-bond donors (Lipinski definition) is 0. The molecule has 0 aliphatic carbocycles. The highest BCUT2D eigenvalue weighted by molar-refractivity contribution is 7.26. The molecule has 0 saturated carbocycles. The molecule has 0 radical (unpaired) electrons. The van der Waals surface area contributed by atoms with Crippen molar-refractivity contribution in [1.29, 1.82) is 0 Å². The lowest BCUT2D eigenvalue weighted by molar-refractivity contribution is 1.30. The first-order valence-corrected chi connectivity index (χ1v) is 19.5. The van der Waals surface area contributed by atoms with Crippen LogP contribution in [-0.2, 0) is 0 Å². The van der Waals surface area contributed by atoms with Gasteiger partial charge in [-0.2, -0.15) is 0 Å². The molecule has 11 rings (SSSR count). The summed E-state index contributed by atoms with van der Waals surface area (Å²) in [5, 5.41) is 10.4. The monoisotopic (exact) mass is 710 g/mol. The summed E-state index contributed by atoms with van der Waals surface area (Å²) in [5.41, 5.74) is 7.88. The van der Waals surface area contributed by atoms with Gasteiger partial charge in [0.15, 0.2) is 0 Å². The van der Waals surface area contributed by atoms with Crippen LogP contribution in [0.25, 0.3) is 84.3 Å². The Morgan fingerprint density at radius 2 is 0.774 bits per heavy atom. The summed E-state index contributed by atoms with van der Waals surface area (Å²) in [6, 6.07) is 64.4. The first-order valence-electron chi connectivity index (χ1n) is 17.8. The maximum Gasteiger partial charge on any atom is 0.0701 e. The Bertz CT molecular complexity index is 3000. The van der Waals surface area contributed by atoms with Crippen molar-refractivity contribution in [2.45, 2.75) is 0 Å². The van der Waals surface area contributed by atoms with Gasteiger partial charge >= 0.3 is 0 Å². The quantitative estimate of drug-likeness (QED) is 0.177. The van der Waals surface area contributed by atoms with Crippen LogP contribution in [0.4, 0.5) is 17.1 Å². The van der Waals surface area contributed by atoms with Crippen molar-refractivity contribution in [2.24, 2.45) is 0 Å². The Hall–Kier alpha value is -6.33. The topological polar surface area (TPSA) is 16.1 Å². The van der Waals surface area contributed by atoms with Gasteiger partial charge in [-0.25, -0.2) is 0 Å². The SMILES string of the molecule is c1ccc(-c2ccc(-c3ccc(N(c4ccc5c(c4)sc4cc6ccccc6cc45)c4ccc5c(c4)sc4cc6ccccc6cc45)cc3)cc2)nc1. The lowest BCUT2D eigenvalue weighted by Crippen LogP contribution is -2.09. The van der Waals surface area contributed by atoms with Crippen LogP contribution in [0, 0.1) is 0 Å². The van der Waals surface area contributed by atoms with E-state index in [0.717, 1.165) is 28.3 Å². The van der Waals surface area contributed by atoms with E-state index < -0.39 is 0 Å². The minimum atomic E-state index is 0.984. The van der Waals surface area contributed by atoms with E-state index in [1.54, 1.807) is 0 Å². The first-order chi connectivity index (χ1) is 26.2. The Morgan fingerprint density at radius 1 is 0.340 bits per heavy atom. The first kappa shape index (κ1) is 30.3. The molecule has 0 N–H and O–H groups in total. The van der Waals surface area contributed by atoms with Gasteiger partial charge in [0.25, 0.3) is 0 Å². The molecule has 4 heteroatoms. The highest BCUT2D eigenvalue weighted by atomic mass is 32.1. The number of nitrogens with zero attached hydrogens (tertiary/aromatic N) is 2. The standard InChI is InChI=1S/C49H30N2S2/c1-3-9-36-27-46-43(25-34(36)7-1)41-22-20-39(29-48(41)52-46)51(38-18-16-32(17-19-38)31-12-14-33(15-13-31)45-11-5-6-24-50-45)40-21-23-42-44-26-35-8-2-4-10-37(35)28-47(44)53-49(42)30-40/h1-30H. The highest BCUT2D eigenvalue weighted by Crippen LogP contribution is 2.44. The summed E-state index contributed by atoms with van der Waals surface area (Å²) in [7, 11) is 0. The maximum atomic E-state index is 4.52. The molecule has 0 atom stereocenters. The van der Waals surface area contributed by atoms with E-state index in [2.05, 4.69) is 174 Å². The van der Waals surface area contributed by atoms with E-state index in [9.17, 15) is 0 Å². The van der Waals surface area contributed by atoms with Crippen LogP contribution < -0.4 is 4.90 Å². The second-order valence-corrected chi connectivity index (χ2v) is 15.8. The molecule has 8 aromatic carbocycles. The largest absolute Gasteiger partial charge is 0.310 e. The van der Waals surface area contributed by atoms with Gasteiger partial charge in [0.1, 0.15) is 0 Å². The van der Waals surface area contributed by atoms with Gasteiger partial charge in [-0.05, 0) is 105 Å². The van der Waals surface area contributed by atoms with Crippen LogP contribution in [0.1, 0.15) is 0 Å². The summed E-state index contributed by atoms with van der Waals surface area (Å²) in [5.74, 6) is 0. The van der Waals surface area contributed by atoms with Gasteiger partial charge in [0.2, 0.25) is 0 Å². The summed E-state index contributed by atoms with van der Waals surface area (Å²) in [4.78, 5) is 6.93. The van der Waals surface area contributed by atoms with Crippen LogP contribution >= 0.6 is 22.7 Å². The van der Waals surface area contributed by atoms with Gasteiger partial charge in [0, 0.05) is 69.2 Å². The molecule has 53 heavy (non-hydrogen) atoms. The average molecular weight is 711 g/mol. The molecule has 0 spiro atoms. The molecule has 0 saturated heterocycles. The molecule has 0 bridgehead atoms. The third-order valence-corrected chi connectivity index (χ3v) is 12.7. The van der Waals surface area contributed by atoms with Gasteiger partial charge in [-0.1, -0.05) is 103 Å². The fourth-order valence-electron chi connectivity index (χ4n) is 7.80. The zero-order chi connectivity index (χ0) is 34.9. The number of benzene rings is 8. The van der Waals surface area contributed by atoms with Crippen LogP contribution in [0.5, 0.6) is 0 Å². The number of fused-ring (bicyclic) bond motifs is 8. The summed E-state index contributed by atoms with van der Waals surface area (Å²) >= 11 is 3.75. The minimum Gasteiger partial charge on any atom is -0.310 e. The fourth-order valence-corrected chi connectivity index (χ4v) is 10.1. The number of pyridine rings is 1. The lowest BCUT2D eigenvalue weighted by Gasteiger charge is -2.26. The summed E-state index contributed by atoms with van der Waals surface area (Å²) in [6.45, 7) is 0. The van der Waals surface area contributed by atoms with E-state index in [4.69, 9.17) is 0 Å². The van der Waals surface area contributed by atoms with Gasteiger partial charge in [0.05, 0.1) is 5.69 Å². The third-order valence-electron chi connectivity index (χ3n) is 10.5. The van der Waals surface area contributed by atoms with Gasteiger partial charge < -0.3 is 4.90 Å². The number of rotatable bonds is 5. The molecule has 0 unspecified atom stereocenters. The second-order valence-electron chi connectivity index (χ2n) is 13.6. The average Bonchev–Trinajstić information content (AvgIpc) is 3.76. The van der Waals surface area contributed by atoms with Crippen LogP contribution in [-0.4, -0.2) is 4.98 Å². The molecule has 3 aromatic heterocycles. The summed E-state index contributed by atoms with van der Waals surface area (Å²) < 4.78 is 5.22. The van der Waals surface area contributed by atoms with Crippen molar-refractivity contribution in [2.75, 3.05) is 4.90 Å². The maximum absolute atomic E-state index is 4.52. The molecule has 2 nitrogen and oxygen atoms in total. The number of aromatic nitrogens is 1. The molecule has 0 aliphatic heterocycles. The zero-order valence-corrected chi connectivity index (χ0v) is 30.2. The Labute approximate surface area is 314 Å². The van der Waals surface area contributed by atoms with Crippen molar-refractivity contribution in [3.8, 4) is 22.4 Å². The van der Waals surface area contributed by atoms with Crippen molar-refractivity contribution < 1.29 is 0 Å². The highest BCUT2D eigenvalue weighted by Gasteiger charge is 2.17. The van der Waals surface area contributed by atoms with E-state index in [1.165, 1.54) is 73.0 Å². The molecule has 248 valence electrons. The van der Waals surface area contributed by atoms with Gasteiger partial charge in [-0.15, -0.1) is 22.7 Å². The molecular formula is C49H30N2S2. The van der Waals surface area contributed by atoms with Gasteiger partial charge in [-0.3, -0.25) is 4.98 Å². The van der Waals surface area contributed by atoms with E-state index >= 15 is 0 Å². The van der Waals surface area contributed by atoms with Crippen molar-refractivity contribution in [1.82, 2.24) is 4.98 Å². The predicted molar refractivity (Wildman–Crippen MR) is 231 cm³/mol. The number of hydrogen-bond acceptors (Lipinski definition) is 4. The number of anilines is 3. The fraction of sp³-hybridized carbons (Fsp3) is 0. The molecular weight excluding hydrogens is 681 g/mol. The van der Waals surface area contributed by atoms with E-state index in [0.29, 0.717) is 0 Å². The molecule has 11 aromatic rings. The molecule has 0 fully saturated rings. The molecule has 3 heterocycles. The summed E-state index contributed by atoms with van der Waals surface area (Å²) in [6.07, 6.45) is 1.84. The van der Waals surface area contributed by atoms with Crippen molar-refractivity contribution >= 4 is 102 Å². The second kappa shape index (κ2) is 12.1. The normalized spacial score (nSPS) is 11.8. The van der Waals surface area contributed by atoms with Crippen molar-refractivity contribution in [3.05, 3.63) is 182 Å². The molecule has 0 aliphatic rings. The van der Waals surface area contributed by atoms with Crippen LogP contribution in [0.15, 0.2) is 182 Å². The third kappa shape index (κ3) is 5.18. The van der Waals surface area contributed by atoms with Crippen LogP contribution in [0.2, 0.25) is 0 Å². The van der Waals surface area contributed by atoms with Crippen molar-refractivity contribution in [3.63, 3.8) is 0 Å². The zero-order valence-electron chi connectivity index (χ0n) is 28.5. The minimum absolute atomic E-state index is 0.984. The smallest absolute Gasteiger partial charge is 0.0701 e. The number of thiophene rings is 2.